The number of carbonyl (C=O) groups is 1. The van der Waals surface area contributed by atoms with Crippen LogP contribution in [0.1, 0.15) is 0 Å². The minimum atomic E-state index is -0.594. The van der Waals surface area contributed by atoms with Gasteiger partial charge in [0.1, 0.15) is 0 Å². The Hall–Kier alpha value is -0.300. The predicted octanol–water partition coefficient (Wildman–Crippen LogP) is -2.30. The van der Waals surface area contributed by atoms with Crippen LogP contribution in [0.2, 0.25) is 0 Å². The van der Waals surface area contributed by atoms with Crippen molar-refractivity contribution in [2.75, 3.05) is 19.0 Å². The van der Waals surface area contributed by atoms with Gasteiger partial charge in [0.2, 0.25) is 5.91 Å². The van der Waals surface area contributed by atoms with Gasteiger partial charge in [0.15, 0.2) is 0 Å². The molecule has 0 aromatic heterocycles. The molecule has 1 atom stereocenters. The van der Waals surface area contributed by atoms with Crippen molar-refractivity contribution in [3.8, 4) is 0 Å². The lowest BCUT2D eigenvalue weighted by molar-refractivity contribution is -0.118. The summed E-state index contributed by atoms with van der Waals surface area (Å²) in [7, 11) is 0. The zero-order chi connectivity index (χ0) is 9.28. The van der Waals surface area contributed by atoms with Gasteiger partial charge >= 0.3 is 0 Å². The van der Waals surface area contributed by atoms with Crippen molar-refractivity contribution in [2.45, 2.75) is 6.04 Å². The summed E-state index contributed by atoms with van der Waals surface area (Å²) in [5.41, 5.74) is 9.80. The van der Waals surface area contributed by atoms with Gasteiger partial charge in [-0.25, -0.2) is 0 Å². The number of primary amides is 1. The van der Waals surface area contributed by atoms with Crippen LogP contribution in [0.4, 0.5) is 0 Å². The average Bonchev–Trinajstić information content (AvgIpc) is 2.03. The molecular weight excluding hydrogens is 168 g/mol. The number of rotatable bonds is 3. The summed E-state index contributed by atoms with van der Waals surface area (Å²) < 4.78 is 0. The molecule has 0 aliphatic rings. The van der Waals surface area contributed by atoms with Crippen molar-refractivity contribution in [1.29, 1.82) is 0 Å². The minimum Gasteiger partial charge on any atom is -0.394 e. The van der Waals surface area contributed by atoms with E-state index in [2.05, 4.69) is 12.6 Å². The number of hydrogen-bond acceptors (Lipinski definition) is 5. The number of carbonyl (C=O) groups excluding carboxylic acids is 1. The Morgan fingerprint density at radius 1 is 1.45 bits per heavy atom. The molecule has 0 saturated carbocycles. The van der Waals surface area contributed by atoms with Crippen LogP contribution in [-0.4, -0.2) is 41.1 Å². The minimum absolute atomic E-state index is 0.125. The Morgan fingerprint density at radius 2 is 1.82 bits per heavy atom. The maximum Gasteiger partial charge on any atom is 0.235 e. The zero-order valence-corrected chi connectivity index (χ0v) is 7.00. The average molecular weight is 182 g/mol. The van der Waals surface area contributed by atoms with E-state index < -0.39 is 11.9 Å². The van der Waals surface area contributed by atoms with Crippen LogP contribution in [0.25, 0.3) is 0 Å². The quantitative estimate of drug-likeness (QED) is 0.316. The molecule has 0 aromatic rings. The van der Waals surface area contributed by atoms with Crippen LogP contribution < -0.4 is 11.5 Å². The van der Waals surface area contributed by atoms with E-state index in [0.29, 0.717) is 5.75 Å². The van der Waals surface area contributed by atoms with Gasteiger partial charge in [-0.1, -0.05) is 0 Å². The van der Waals surface area contributed by atoms with Gasteiger partial charge in [0.25, 0.3) is 0 Å². The molecule has 0 spiro atoms. The Morgan fingerprint density at radius 3 is 1.82 bits per heavy atom. The summed E-state index contributed by atoms with van der Waals surface area (Å²) in [5, 5.41) is 15.2. The molecule has 5 nitrogen and oxygen atoms in total. The molecule has 1 unspecified atom stereocenters. The van der Waals surface area contributed by atoms with Crippen molar-refractivity contribution in [1.82, 2.24) is 0 Å². The molecule has 11 heavy (non-hydrogen) atoms. The second kappa shape index (κ2) is 9.70. The van der Waals surface area contributed by atoms with Crippen molar-refractivity contribution in [2.24, 2.45) is 11.5 Å². The summed E-state index contributed by atoms with van der Waals surface area (Å²) in [6.07, 6.45) is 0. The number of hydrogen-bond donors (Lipinski definition) is 5. The fourth-order valence-electron chi connectivity index (χ4n) is 0.0900. The van der Waals surface area contributed by atoms with Crippen LogP contribution in [0, 0.1) is 0 Å². The van der Waals surface area contributed by atoms with E-state index in [1.54, 1.807) is 0 Å². The Labute approximate surface area is 70.8 Å². The van der Waals surface area contributed by atoms with Gasteiger partial charge < -0.3 is 21.7 Å². The smallest absolute Gasteiger partial charge is 0.235 e. The van der Waals surface area contributed by atoms with Crippen molar-refractivity contribution < 1.29 is 15.0 Å². The molecule has 68 valence electrons. The summed E-state index contributed by atoms with van der Waals surface area (Å²) in [4.78, 5) is 9.98. The summed E-state index contributed by atoms with van der Waals surface area (Å²) in [6, 6.07) is -0.594. The van der Waals surface area contributed by atoms with E-state index in [4.69, 9.17) is 21.7 Å². The van der Waals surface area contributed by atoms with E-state index >= 15 is 0 Å². The molecule has 0 fully saturated rings. The Bertz CT molecular complexity index is 99.7. The SMILES string of the molecule is NC(=O)C(N)CS.OCCO. The molecule has 0 saturated heterocycles. The van der Waals surface area contributed by atoms with Crippen molar-refractivity contribution in [3.05, 3.63) is 0 Å². The monoisotopic (exact) mass is 182 g/mol. The highest BCUT2D eigenvalue weighted by Gasteiger charge is 2.03. The summed E-state index contributed by atoms with van der Waals surface area (Å²) in [5.74, 6) is -0.190. The van der Waals surface area contributed by atoms with Gasteiger partial charge in [-0.2, -0.15) is 12.6 Å². The highest BCUT2D eigenvalue weighted by molar-refractivity contribution is 7.80. The van der Waals surface area contributed by atoms with Crippen LogP contribution in [0.15, 0.2) is 0 Å². The third-order valence-electron chi connectivity index (χ3n) is 0.662. The zero-order valence-electron chi connectivity index (χ0n) is 6.10. The van der Waals surface area contributed by atoms with Crippen molar-refractivity contribution in [3.63, 3.8) is 0 Å². The largest absolute Gasteiger partial charge is 0.394 e. The number of aliphatic hydroxyl groups is 2. The predicted molar refractivity (Wildman–Crippen MR) is 45.2 cm³/mol. The fourth-order valence-corrected chi connectivity index (χ4v) is 0.270. The topological polar surface area (TPSA) is 110 Å². The Kier molecular flexibility index (Phi) is 11.7. The molecule has 0 heterocycles. The number of aliphatic hydroxyl groups excluding tert-OH is 2. The van der Waals surface area contributed by atoms with E-state index in [0.717, 1.165) is 0 Å². The lowest BCUT2D eigenvalue weighted by atomic mass is 10.4. The van der Waals surface area contributed by atoms with Gasteiger partial charge in [-0.05, 0) is 0 Å². The van der Waals surface area contributed by atoms with Crippen molar-refractivity contribution >= 4 is 18.5 Å². The first-order valence-electron chi connectivity index (χ1n) is 2.97. The van der Waals surface area contributed by atoms with E-state index in [1.807, 2.05) is 0 Å². The lowest BCUT2D eigenvalue weighted by Crippen LogP contribution is -2.37. The summed E-state index contributed by atoms with van der Waals surface area (Å²) >= 11 is 3.73. The third-order valence-corrected chi connectivity index (χ3v) is 1.06. The number of thiol groups is 1. The van der Waals surface area contributed by atoms with E-state index in [1.165, 1.54) is 0 Å². The molecular formula is C5H14N2O3S. The maximum atomic E-state index is 9.98. The molecule has 0 aromatic carbocycles. The van der Waals surface area contributed by atoms with Gasteiger partial charge in [-0.15, -0.1) is 0 Å². The Balaban J connectivity index is 0. The molecule has 6 heteroatoms. The molecule has 0 aliphatic heterocycles. The lowest BCUT2D eigenvalue weighted by Gasteiger charge is -1.98. The van der Waals surface area contributed by atoms with E-state index in [9.17, 15) is 4.79 Å². The molecule has 0 aliphatic carbocycles. The summed E-state index contributed by atoms with van der Waals surface area (Å²) in [6.45, 7) is -0.250. The molecule has 0 rings (SSSR count). The first kappa shape index (κ1) is 13.3. The van der Waals surface area contributed by atoms with Crippen LogP contribution in [-0.2, 0) is 4.79 Å². The maximum absolute atomic E-state index is 9.98. The highest BCUT2D eigenvalue weighted by Crippen LogP contribution is 1.78. The highest BCUT2D eigenvalue weighted by atomic mass is 32.1. The molecule has 6 N–H and O–H groups in total. The molecule has 0 radical (unpaired) electrons. The third kappa shape index (κ3) is 12.8. The van der Waals surface area contributed by atoms with Gasteiger partial charge in [-0.3, -0.25) is 4.79 Å². The van der Waals surface area contributed by atoms with Crippen LogP contribution in [0.5, 0.6) is 0 Å². The normalized spacial score (nSPS) is 11.3. The van der Waals surface area contributed by atoms with Gasteiger partial charge in [0.05, 0.1) is 19.3 Å². The van der Waals surface area contributed by atoms with Crippen LogP contribution >= 0.6 is 12.6 Å². The standard InChI is InChI=1S/C3H8N2OS.C2H6O2/c4-2(1-7)3(5)6;3-1-2-4/h2,7H,1,4H2,(H2,5,6);3-4H,1-2H2. The second-order valence-corrected chi connectivity index (χ2v) is 2.00. The number of amides is 1. The first-order valence-corrected chi connectivity index (χ1v) is 3.60. The molecule has 0 bridgehead atoms. The van der Waals surface area contributed by atoms with Gasteiger partial charge in [0, 0.05) is 5.75 Å². The second-order valence-electron chi connectivity index (χ2n) is 1.64. The number of nitrogens with two attached hydrogens (primary N) is 2. The molecule has 1 amide bonds. The van der Waals surface area contributed by atoms with Crippen LogP contribution in [0.3, 0.4) is 0 Å². The first-order chi connectivity index (χ1) is 5.09. The van der Waals surface area contributed by atoms with E-state index in [-0.39, 0.29) is 13.2 Å². The fraction of sp³-hybridized carbons (Fsp3) is 0.800.